The minimum atomic E-state index is -4.32. The van der Waals surface area contributed by atoms with E-state index in [0.717, 1.165) is 17.0 Å². The first-order valence-electron chi connectivity index (χ1n) is 6.42. The van der Waals surface area contributed by atoms with Crippen molar-refractivity contribution in [1.29, 1.82) is 0 Å². The van der Waals surface area contributed by atoms with Crippen LogP contribution in [0, 0.1) is 0 Å². The third-order valence-electron chi connectivity index (χ3n) is 3.11. The Morgan fingerprint density at radius 2 is 1.68 bits per heavy atom. The molecule has 0 aliphatic rings. The second kappa shape index (κ2) is 7.15. The molecule has 0 heterocycles. The molecule has 0 fully saturated rings. The normalized spacial score (nSPS) is 12.9. The zero-order valence-electron chi connectivity index (χ0n) is 12.5. The van der Waals surface area contributed by atoms with Crippen molar-refractivity contribution < 1.29 is 22.6 Å². The average molecular weight is 323 g/mol. The number of amides is 2. The molecule has 22 heavy (non-hydrogen) atoms. The summed E-state index contributed by atoms with van der Waals surface area (Å²) < 4.78 is 30.9. The Morgan fingerprint density at radius 1 is 1.14 bits per heavy atom. The smallest absolute Gasteiger partial charge is 0.282 e. The molecule has 2 amide bonds. The quantitative estimate of drug-likeness (QED) is 0.388. The van der Waals surface area contributed by atoms with Crippen LogP contribution in [-0.2, 0) is 19.7 Å². The van der Waals surface area contributed by atoms with Crippen molar-refractivity contribution in [2.75, 3.05) is 4.90 Å². The van der Waals surface area contributed by atoms with Gasteiger partial charge < -0.3 is 0 Å². The molecule has 1 rings (SSSR count). The Bertz CT molecular complexity index is 730. The van der Waals surface area contributed by atoms with E-state index < -0.39 is 16.0 Å². The highest BCUT2D eigenvalue weighted by Gasteiger charge is 2.20. The molecule has 0 bridgehead atoms. The summed E-state index contributed by atoms with van der Waals surface area (Å²) >= 11 is 0. The van der Waals surface area contributed by atoms with E-state index >= 15 is 0 Å². The molecule has 7 heteroatoms. The zero-order valence-corrected chi connectivity index (χ0v) is 13.3. The summed E-state index contributed by atoms with van der Waals surface area (Å²) in [4.78, 5) is 24.2. The van der Waals surface area contributed by atoms with Gasteiger partial charge in [-0.2, -0.15) is 8.42 Å². The highest BCUT2D eigenvalue weighted by molar-refractivity contribution is 7.85. The van der Waals surface area contributed by atoms with Crippen LogP contribution >= 0.6 is 0 Å². The lowest BCUT2D eigenvalue weighted by atomic mass is 10.1. The van der Waals surface area contributed by atoms with Crippen LogP contribution in [-0.4, -0.2) is 25.3 Å². The van der Waals surface area contributed by atoms with Crippen molar-refractivity contribution >= 4 is 28.1 Å². The first kappa shape index (κ1) is 17.8. The molecule has 0 saturated heterocycles. The highest BCUT2D eigenvalue weighted by Crippen LogP contribution is 2.21. The second-order valence-electron chi connectivity index (χ2n) is 4.42. The molecule has 0 aliphatic heterocycles. The number of imide groups is 1. The van der Waals surface area contributed by atoms with Gasteiger partial charge in [0.05, 0.1) is 10.6 Å². The van der Waals surface area contributed by atoms with E-state index in [1.54, 1.807) is 32.9 Å². The van der Waals surface area contributed by atoms with Crippen molar-refractivity contribution in [2.45, 2.75) is 25.7 Å². The van der Waals surface area contributed by atoms with Gasteiger partial charge in [0.1, 0.15) is 0 Å². The topological polar surface area (TPSA) is 91.8 Å². The third-order valence-corrected chi connectivity index (χ3v) is 3.98. The lowest BCUT2D eigenvalue weighted by molar-refractivity contribution is -0.119. The van der Waals surface area contributed by atoms with Gasteiger partial charge in [-0.05, 0) is 50.6 Å². The Labute approximate surface area is 129 Å². The predicted octanol–water partition coefficient (Wildman–Crippen LogP) is 2.34. The maximum atomic E-state index is 12.4. The monoisotopic (exact) mass is 323 g/mol. The van der Waals surface area contributed by atoms with Gasteiger partial charge >= 0.3 is 0 Å². The number of hydrogen-bond donors (Lipinski definition) is 1. The maximum Gasteiger partial charge on any atom is 0.294 e. The Morgan fingerprint density at radius 3 is 2.05 bits per heavy atom. The van der Waals surface area contributed by atoms with Crippen LogP contribution in [0.1, 0.15) is 20.8 Å². The SMILES string of the molecule is CC=C(C(=O)N(C=O)c1ccc(S(=O)(=O)O)cc1)/C(C)=C\C. The standard InChI is InChI=1S/C15H17NO5S/c1-4-11(3)14(5-2)15(18)16(10-17)12-6-8-13(9-7-12)22(19,20)21/h4-10H,1-3H3,(H,19,20,21)/b11-4-,14-5?. The molecule has 0 saturated carbocycles. The molecule has 0 aliphatic carbocycles. The molecule has 1 aromatic carbocycles. The maximum absolute atomic E-state index is 12.4. The van der Waals surface area contributed by atoms with Crippen LogP contribution in [0.2, 0.25) is 0 Å². The third kappa shape index (κ3) is 3.90. The molecule has 0 unspecified atom stereocenters. The minimum Gasteiger partial charge on any atom is -0.282 e. The summed E-state index contributed by atoms with van der Waals surface area (Å²) in [6.45, 7) is 5.21. The summed E-state index contributed by atoms with van der Waals surface area (Å²) in [5, 5.41) is 0. The molecule has 0 aromatic heterocycles. The summed E-state index contributed by atoms with van der Waals surface area (Å²) in [7, 11) is -4.32. The van der Waals surface area contributed by atoms with Gasteiger partial charge in [-0.25, -0.2) is 4.90 Å². The van der Waals surface area contributed by atoms with E-state index in [1.807, 2.05) is 0 Å². The Kier molecular flexibility index (Phi) is 5.78. The van der Waals surface area contributed by atoms with Crippen molar-refractivity contribution in [1.82, 2.24) is 0 Å². The lowest BCUT2D eigenvalue weighted by Crippen LogP contribution is -2.31. The fourth-order valence-electron chi connectivity index (χ4n) is 1.81. The van der Waals surface area contributed by atoms with Gasteiger partial charge in [0.2, 0.25) is 6.41 Å². The molecule has 0 radical (unpaired) electrons. The van der Waals surface area contributed by atoms with Crippen molar-refractivity contribution in [3.63, 3.8) is 0 Å². The highest BCUT2D eigenvalue weighted by atomic mass is 32.2. The van der Waals surface area contributed by atoms with Gasteiger partial charge in [-0.1, -0.05) is 12.2 Å². The van der Waals surface area contributed by atoms with Gasteiger partial charge in [0.15, 0.2) is 0 Å². The van der Waals surface area contributed by atoms with Gasteiger partial charge in [-0.15, -0.1) is 0 Å². The number of rotatable bonds is 5. The molecular formula is C15H17NO5S. The van der Waals surface area contributed by atoms with E-state index in [0.29, 0.717) is 17.6 Å². The van der Waals surface area contributed by atoms with E-state index in [2.05, 4.69) is 0 Å². The lowest BCUT2D eigenvalue weighted by Gasteiger charge is -2.18. The Hall–Kier alpha value is -2.25. The summed E-state index contributed by atoms with van der Waals surface area (Å²) in [6.07, 6.45) is 3.70. The van der Waals surface area contributed by atoms with Crippen LogP contribution in [0.5, 0.6) is 0 Å². The van der Waals surface area contributed by atoms with E-state index in [9.17, 15) is 18.0 Å². The number of carbonyl (C=O) groups is 2. The molecule has 0 spiro atoms. The van der Waals surface area contributed by atoms with E-state index in [4.69, 9.17) is 4.55 Å². The van der Waals surface area contributed by atoms with Crippen LogP contribution in [0.3, 0.4) is 0 Å². The van der Waals surface area contributed by atoms with Crippen molar-refractivity contribution in [2.24, 2.45) is 0 Å². The zero-order chi connectivity index (χ0) is 16.9. The molecule has 1 aromatic rings. The van der Waals surface area contributed by atoms with E-state index in [-0.39, 0.29) is 10.6 Å². The fourth-order valence-corrected chi connectivity index (χ4v) is 2.29. The van der Waals surface area contributed by atoms with Crippen molar-refractivity contribution in [3.05, 3.63) is 47.6 Å². The number of hydrogen-bond acceptors (Lipinski definition) is 4. The molecular weight excluding hydrogens is 306 g/mol. The van der Waals surface area contributed by atoms with Gasteiger partial charge in [0, 0.05) is 5.57 Å². The van der Waals surface area contributed by atoms with Crippen LogP contribution in [0.15, 0.2) is 52.5 Å². The van der Waals surface area contributed by atoms with Gasteiger partial charge in [0.25, 0.3) is 16.0 Å². The molecule has 6 nitrogen and oxygen atoms in total. The van der Waals surface area contributed by atoms with Gasteiger partial charge in [-0.3, -0.25) is 14.1 Å². The largest absolute Gasteiger partial charge is 0.294 e. The molecule has 1 N–H and O–H groups in total. The summed E-state index contributed by atoms with van der Waals surface area (Å²) in [5.74, 6) is -0.521. The van der Waals surface area contributed by atoms with Crippen LogP contribution < -0.4 is 4.90 Å². The number of anilines is 1. The van der Waals surface area contributed by atoms with E-state index in [1.165, 1.54) is 12.1 Å². The second-order valence-corrected chi connectivity index (χ2v) is 5.85. The number of carbonyl (C=O) groups excluding carboxylic acids is 2. The first-order chi connectivity index (χ1) is 10.3. The first-order valence-corrected chi connectivity index (χ1v) is 7.86. The van der Waals surface area contributed by atoms with Crippen LogP contribution in [0.25, 0.3) is 0 Å². The van der Waals surface area contributed by atoms with Crippen molar-refractivity contribution in [3.8, 4) is 0 Å². The number of benzene rings is 1. The van der Waals surface area contributed by atoms with Crippen LogP contribution in [0.4, 0.5) is 5.69 Å². The Balaban J connectivity index is 3.22. The molecule has 118 valence electrons. The summed E-state index contributed by atoms with van der Waals surface area (Å²) in [5.41, 5.74) is 1.29. The predicted molar refractivity (Wildman–Crippen MR) is 83.0 cm³/mol. The number of nitrogens with zero attached hydrogens (tertiary/aromatic N) is 1. The number of allylic oxidation sites excluding steroid dienone is 2. The fraction of sp³-hybridized carbons (Fsp3) is 0.200. The molecule has 0 atom stereocenters. The summed E-state index contributed by atoms with van der Waals surface area (Å²) in [6, 6.07) is 4.78. The minimum absolute atomic E-state index is 0.204. The average Bonchev–Trinajstić information content (AvgIpc) is 2.48.